The molecule has 1 aliphatic heterocycles. The van der Waals surface area contributed by atoms with Crippen molar-refractivity contribution in [2.75, 3.05) is 26.2 Å². The number of carboxylic acids is 1. The van der Waals surface area contributed by atoms with Crippen LogP contribution in [0.15, 0.2) is 24.3 Å². The summed E-state index contributed by atoms with van der Waals surface area (Å²) >= 11 is 0. The molecule has 2 rings (SSSR count). The third kappa shape index (κ3) is 5.34. The van der Waals surface area contributed by atoms with Crippen molar-refractivity contribution < 1.29 is 14.7 Å². The highest BCUT2D eigenvalue weighted by Crippen LogP contribution is 2.17. The monoisotopic (exact) mass is 332 g/mol. The van der Waals surface area contributed by atoms with Crippen LogP contribution in [0.3, 0.4) is 0 Å². The van der Waals surface area contributed by atoms with E-state index in [0.717, 1.165) is 18.5 Å². The number of aryl methyl sites for hydroxylation is 1. The zero-order valence-corrected chi connectivity index (χ0v) is 14.7. The summed E-state index contributed by atoms with van der Waals surface area (Å²) in [6, 6.07) is 8.29. The Hall–Kier alpha value is -1.88. The van der Waals surface area contributed by atoms with Gasteiger partial charge in [-0.25, -0.2) is 0 Å². The predicted octanol–water partition coefficient (Wildman–Crippen LogP) is 2.53. The minimum absolute atomic E-state index is 0.131. The average molecular weight is 332 g/mol. The molecule has 0 unspecified atom stereocenters. The number of hydrogen-bond acceptors (Lipinski definition) is 3. The number of aliphatic carboxylic acids is 1. The predicted molar refractivity (Wildman–Crippen MR) is 93.7 cm³/mol. The number of carbonyl (C=O) groups is 2. The standard InChI is InChI=1S/C19H28N2O3/c1-3-10-21(13-16-6-4-15(2)5-7-16)18(22)14-20-11-8-17(9-12-20)19(23)24/h4-7,17H,3,8-14H2,1-2H3,(H,23,24). The molecule has 5 heteroatoms. The van der Waals surface area contributed by atoms with Gasteiger partial charge in [-0.3, -0.25) is 14.5 Å². The topological polar surface area (TPSA) is 60.9 Å². The third-order valence-corrected chi connectivity index (χ3v) is 4.64. The molecule has 1 aliphatic rings. The number of rotatable bonds is 7. The first-order chi connectivity index (χ1) is 11.5. The Morgan fingerprint density at radius 1 is 1.21 bits per heavy atom. The highest BCUT2D eigenvalue weighted by Gasteiger charge is 2.26. The van der Waals surface area contributed by atoms with Crippen LogP contribution in [0.25, 0.3) is 0 Å². The summed E-state index contributed by atoms with van der Waals surface area (Å²) in [6.07, 6.45) is 2.20. The zero-order valence-electron chi connectivity index (χ0n) is 14.7. The van der Waals surface area contributed by atoms with Crippen molar-refractivity contribution in [1.82, 2.24) is 9.80 Å². The molecule has 132 valence electrons. The van der Waals surface area contributed by atoms with Crippen molar-refractivity contribution in [2.24, 2.45) is 5.92 Å². The van der Waals surface area contributed by atoms with Crippen LogP contribution in [0.4, 0.5) is 0 Å². The van der Waals surface area contributed by atoms with Gasteiger partial charge in [-0.1, -0.05) is 36.8 Å². The number of carbonyl (C=O) groups excluding carboxylic acids is 1. The van der Waals surface area contributed by atoms with Crippen LogP contribution in [0.5, 0.6) is 0 Å². The number of carboxylic acid groups (broad SMARTS) is 1. The third-order valence-electron chi connectivity index (χ3n) is 4.64. The van der Waals surface area contributed by atoms with E-state index in [1.54, 1.807) is 0 Å². The van der Waals surface area contributed by atoms with Crippen molar-refractivity contribution in [3.05, 3.63) is 35.4 Å². The fourth-order valence-electron chi connectivity index (χ4n) is 3.11. The second-order valence-corrected chi connectivity index (χ2v) is 6.69. The number of likely N-dealkylation sites (tertiary alicyclic amines) is 1. The molecule has 1 saturated heterocycles. The van der Waals surface area contributed by atoms with Crippen molar-refractivity contribution >= 4 is 11.9 Å². The Morgan fingerprint density at radius 3 is 2.38 bits per heavy atom. The van der Waals surface area contributed by atoms with Gasteiger partial charge in [-0.2, -0.15) is 0 Å². The molecule has 1 aromatic rings. The van der Waals surface area contributed by atoms with Gasteiger partial charge >= 0.3 is 5.97 Å². The SMILES string of the molecule is CCCN(Cc1ccc(C)cc1)C(=O)CN1CCC(C(=O)O)CC1. The van der Waals surface area contributed by atoms with Crippen LogP contribution < -0.4 is 0 Å². The first-order valence-corrected chi connectivity index (χ1v) is 8.78. The first-order valence-electron chi connectivity index (χ1n) is 8.78. The van der Waals surface area contributed by atoms with Crippen LogP contribution in [-0.4, -0.2) is 53.0 Å². The van der Waals surface area contributed by atoms with E-state index >= 15 is 0 Å². The van der Waals surface area contributed by atoms with Crippen molar-refractivity contribution in [3.63, 3.8) is 0 Å². The van der Waals surface area contributed by atoms with E-state index in [2.05, 4.69) is 43.0 Å². The normalized spacial score (nSPS) is 16.1. The fraction of sp³-hybridized carbons (Fsp3) is 0.579. The van der Waals surface area contributed by atoms with E-state index in [-0.39, 0.29) is 11.8 Å². The highest BCUT2D eigenvalue weighted by molar-refractivity contribution is 5.78. The van der Waals surface area contributed by atoms with Crippen molar-refractivity contribution in [2.45, 2.75) is 39.7 Å². The van der Waals surface area contributed by atoms with E-state index < -0.39 is 5.97 Å². The van der Waals surface area contributed by atoms with Gasteiger partial charge in [0.05, 0.1) is 12.5 Å². The molecule has 0 radical (unpaired) electrons. The summed E-state index contributed by atoms with van der Waals surface area (Å²) in [5.41, 5.74) is 2.36. The van der Waals surface area contributed by atoms with Gasteiger partial charge in [0.15, 0.2) is 0 Å². The van der Waals surface area contributed by atoms with Crippen molar-refractivity contribution in [1.29, 1.82) is 0 Å². The molecule has 0 atom stereocenters. The number of amides is 1. The summed E-state index contributed by atoms with van der Waals surface area (Å²) in [5.74, 6) is -0.838. The molecule has 1 amide bonds. The lowest BCUT2D eigenvalue weighted by Gasteiger charge is -2.31. The molecule has 0 aliphatic carbocycles. The molecular formula is C19H28N2O3. The van der Waals surface area contributed by atoms with Gasteiger partial charge in [0, 0.05) is 13.1 Å². The Bertz CT molecular complexity index is 548. The number of hydrogen-bond donors (Lipinski definition) is 1. The lowest BCUT2D eigenvalue weighted by Crippen LogP contribution is -2.44. The zero-order chi connectivity index (χ0) is 17.5. The summed E-state index contributed by atoms with van der Waals surface area (Å²) in [6.45, 7) is 7.28. The number of piperidine rings is 1. The quantitative estimate of drug-likeness (QED) is 0.833. The molecular weight excluding hydrogens is 304 g/mol. The first kappa shape index (κ1) is 18.5. The maximum absolute atomic E-state index is 12.7. The van der Waals surface area contributed by atoms with E-state index in [9.17, 15) is 9.59 Å². The summed E-state index contributed by atoms with van der Waals surface area (Å²) in [7, 11) is 0. The lowest BCUT2D eigenvalue weighted by molar-refractivity contribution is -0.143. The summed E-state index contributed by atoms with van der Waals surface area (Å²) < 4.78 is 0. The Balaban J connectivity index is 1.89. The van der Waals surface area contributed by atoms with Gasteiger partial charge in [0.25, 0.3) is 0 Å². The molecule has 0 aromatic heterocycles. The minimum atomic E-state index is -0.715. The Kier molecular flexibility index (Phi) is 6.79. The fourth-order valence-corrected chi connectivity index (χ4v) is 3.11. The molecule has 1 heterocycles. The molecule has 5 nitrogen and oxygen atoms in total. The summed E-state index contributed by atoms with van der Waals surface area (Å²) in [4.78, 5) is 27.7. The van der Waals surface area contributed by atoms with Gasteiger partial charge < -0.3 is 10.0 Å². The Labute approximate surface area is 144 Å². The van der Waals surface area contributed by atoms with Crippen LogP contribution in [0, 0.1) is 12.8 Å². The van der Waals surface area contributed by atoms with Gasteiger partial charge in [0.1, 0.15) is 0 Å². The molecule has 1 fully saturated rings. The summed E-state index contributed by atoms with van der Waals surface area (Å²) in [5, 5.41) is 9.05. The lowest BCUT2D eigenvalue weighted by atomic mass is 9.97. The molecule has 0 spiro atoms. The number of nitrogens with zero attached hydrogens (tertiary/aromatic N) is 2. The van der Waals surface area contributed by atoms with E-state index in [4.69, 9.17) is 5.11 Å². The minimum Gasteiger partial charge on any atom is -0.481 e. The van der Waals surface area contributed by atoms with Crippen molar-refractivity contribution in [3.8, 4) is 0 Å². The van der Waals surface area contributed by atoms with Crippen LogP contribution >= 0.6 is 0 Å². The van der Waals surface area contributed by atoms with E-state index in [0.29, 0.717) is 39.0 Å². The Morgan fingerprint density at radius 2 is 1.83 bits per heavy atom. The maximum atomic E-state index is 12.7. The number of benzene rings is 1. The molecule has 1 N–H and O–H groups in total. The van der Waals surface area contributed by atoms with E-state index in [1.165, 1.54) is 5.56 Å². The van der Waals surface area contributed by atoms with Crippen LogP contribution in [0.1, 0.15) is 37.3 Å². The highest BCUT2D eigenvalue weighted by atomic mass is 16.4. The van der Waals surface area contributed by atoms with E-state index in [1.807, 2.05) is 4.90 Å². The average Bonchev–Trinajstić information content (AvgIpc) is 2.57. The van der Waals surface area contributed by atoms with Crippen LogP contribution in [0.2, 0.25) is 0 Å². The van der Waals surface area contributed by atoms with Gasteiger partial charge in [-0.05, 0) is 44.8 Å². The molecule has 0 saturated carbocycles. The van der Waals surface area contributed by atoms with Crippen LogP contribution in [-0.2, 0) is 16.1 Å². The molecule has 1 aromatic carbocycles. The second-order valence-electron chi connectivity index (χ2n) is 6.69. The smallest absolute Gasteiger partial charge is 0.306 e. The maximum Gasteiger partial charge on any atom is 0.306 e. The molecule has 0 bridgehead atoms. The van der Waals surface area contributed by atoms with Gasteiger partial charge in [0.2, 0.25) is 5.91 Å². The molecule has 24 heavy (non-hydrogen) atoms. The second kappa shape index (κ2) is 8.83. The largest absolute Gasteiger partial charge is 0.481 e. The van der Waals surface area contributed by atoms with Gasteiger partial charge in [-0.15, -0.1) is 0 Å².